The lowest BCUT2D eigenvalue weighted by Crippen LogP contribution is -2.33. The van der Waals surface area contributed by atoms with Crippen molar-refractivity contribution in [2.75, 3.05) is 26.7 Å². The molecule has 0 aliphatic rings. The number of hydrogen-bond acceptors (Lipinski definition) is 3. The van der Waals surface area contributed by atoms with Gasteiger partial charge >= 0.3 is 0 Å². The number of nitrogens with two attached hydrogens (primary N) is 1. The highest BCUT2D eigenvalue weighted by Gasteiger charge is 2.11. The molecule has 18 heavy (non-hydrogen) atoms. The van der Waals surface area contributed by atoms with Gasteiger partial charge in [-0.25, -0.2) is 8.78 Å². The average molecular weight is 258 g/mol. The van der Waals surface area contributed by atoms with Crippen molar-refractivity contribution >= 4 is 5.91 Å². The minimum Gasteiger partial charge on any atom is -0.481 e. The molecule has 0 unspecified atom stereocenters. The molecule has 0 atom stereocenters. The molecule has 1 amide bonds. The van der Waals surface area contributed by atoms with Crippen molar-refractivity contribution in [2.45, 2.75) is 6.42 Å². The number of nitrogens with zero attached hydrogens (tertiary/aromatic N) is 1. The van der Waals surface area contributed by atoms with Crippen LogP contribution in [0.5, 0.6) is 5.75 Å². The Bertz CT molecular complexity index is 413. The highest BCUT2D eigenvalue weighted by atomic mass is 19.1. The van der Waals surface area contributed by atoms with Crippen LogP contribution in [-0.4, -0.2) is 37.6 Å². The molecule has 0 heterocycles. The standard InChI is InChI=1S/C12H16F2N2O2/c1-16(6-2-5-15)12(17)8-18-11-7-9(13)3-4-10(11)14/h3-4,7H,2,5-6,8,15H2,1H3. The molecule has 0 bridgehead atoms. The lowest BCUT2D eigenvalue weighted by molar-refractivity contribution is -0.132. The summed E-state index contributed by atoms with van der Waals surface area (Å²) in [5.41, 5.74) is 5.32. The van der Waals surface area contributed by atoms with Crippen LogP contribution in [0.15, 0.2) is 18.2 Å². The molecule has 1 aromatic rings. The van der Waals surface area contributed by atoms with Crippen molar-refractivity contribution in [3.8, 4) is 5.75 Å². The van der Waals surface area contributed by atoms with Gasteiger partial charge in [0, 0.05) is 19.7 Å². The summed E-state index contributed by atoms with van der Waals surface area (Å²) in [7, 11) is 1.60. The van der Waals surface area contributed by atoms with Crippen molar-refractivity contribution < 1.29 is 18.3 Å². The summed E-state index contributed by atoms with van der Waals surface area (Å²) in [6.07, 6.45) is 0.677. The van der Waals surface area contributed by atoms with Gasteiger partial charge in [0.1, 0.15) is 5.82 Å². The molecule has 0 aromatic heterocycles. The van der Waals surface area contributed by atoms with Crippen LogP contribution in [0.1, 0.15) is 6.42 Å². The van der Waals surface area contributed by atoms with Crippen molar-refractivity contribution in [2.24, 2.45) is 5.73 Å². The average Bonchev–Trinajstić information content (AvgIpc) is 2.36. The monoisotopic (exact) mass is 258 g/mol. The molecule has 0 aliphatic carbocycles. The van der Waals surface area contributed by atoms with Gasteiger partial charge in [0.05, 0.1) is 0 Å². The van der Waals surface area contributed by atoms with Crippen LogP contribution in [0.25, 0.3) is 0 Å². The first kappa shape index (κ1) is 14.4. The van der Waals surface area contributed by atoms with Crippen LogP contribution in [0.2, 0.25) is 0 Å². The Hall–Kier alpha value is -1.69. The van der Waals surface area contributed by atoms with E-state index in [2.05, 4.69) is 0 Å². The third-order valence-electron chi connectivity index (χ3n) is 2.37. The van der Waals surface area contributed by atoms with E-state index in [-0.39, 0.29) is 18.3 Å². The molecule has 0 radical (unpaired) electrons. The number of rotatable bonds is 6. The second-order valence-electron chi connectivity index (χ2n) is 3.82. The second-order valence-corrected chi connectivity index (χ2v) is 3.82. The summed E-state index contributed by atoms with van der Waals surface area (Å²) in [6.45, 7) is 0.656. The van der Waals surface area contributed by atoms with Gasteiger partial charge < -0.3 is 15.4 Å². The van der Waals surface area contributed by atoms with Crippen molar-refractivity contribution in [3.63, 3.8) is 0 Å². The maximum absolute atomic E-state index is 13.2. The normalized spacial score (nSPS) is 10.2. The zero-order chi connectivity index (χ0) is 13.5. The molecule has 1 aromatic carbocycles. The first-order chi connectivity index (χ1) is 8.54. The first-order valence-electron chi connectivity index (χ1n) is 5.56. The molecule has 0 aliphatic heterocycles. The molecule has 0 fully saturated rings. The van der Waals surface area contributed by atoms with Crippen LogP contribution in [0.3, 0.4) is 0 Å². The Morgan fingerprint density at radius 2 is 2.17 bits per heavy atom. The van der Waals surface area contributed by atoms with Gasteiger partial charge in [-0.15, -0.1) is 0 Å². The number of likely N-dealkylation sites (N-methyl/N-ethyl adjacent to an activating group) is 1. The Morgan fingerprint density at radius 3 is 2.83 bits per heavy atom. The summed E-state index contributed by atoms with van der Waals surface area (Å²) in [5, 5.41) is 0. The molecule has 6 heteroatoms. The quantitative estimate of drug-likeness (QED) is 0.832. The summed E-state index contributed by atoms with van der Waals surface area (Å²) in [6, 6.07) is 2.84. The smallest absolute Gasteiger partial charge is 0.260 e. The highest BCUT2D eigenvalue weighted by Crippen LogP contribution is 2.17. The van der Waals surface area contributed by atoms with Gasteiger partial charge in [-0.05, 0) is 25.1 Å². The van der Waals surface area contributed by atoms with Gasteiger partial charge in [-0.1, -0.05) is 0 Å². The van der Waals surface area contributed by atoms with Crippen LogP contribution in [0, 0.1) is 11.6 Å². The Kier molecular flexibility index (Phi) is 5.51. The summed E-state index contributed by atoms with van der Waals surface area (Å²) >= 11 is 0. The van der Waals surface area contributed by atoms with E-state index in [1.807, 2.05) is 0 Å². The fourth-order valence-corrected chi connectivity index (χ4v) is 1.29. The molecule has 4 nitrogen and oxygen atoms in total. The zero-order valence-corrected chi connectivity index (χ0v) is 10.2. The molecule has 0 saturated heterocycles. The van der Waals surface area contributed by atoms with E-state index in [4.69, 9.17) is 10.5 Å². The Morgan fingerprint density at radius 1 is 1.44 bits per heavy atom. The number of benzene rings is 1. The lowest BCUT2D eigenvalue weighted by Gasteiger charge is -2.17. The number of carbonyl (C=O) groups is 1. The molecular weight excluding hydrogens is 242 g/mol. The summed E-state index contributed by atoms with van der Waals surface area (Å²) < 4.78 is 31.0. The number of ether oxygens (including phenoxy) is 1. The van der Waals surface area contributed by atoms with E-state index < -0.39 is 11.6 Å². The van der Waals surface area contributed by atoms with Crippen LogP contribution in [0.4, 0.5) is 8.78 Å². The molecule has 1 rings (SSSR count). The fourth-order valence-electron chi connectivity index (χ4n) is 1.29. The molecule has 0 spiro atoms. The molecule has 2 N–H and O–H groups in total. The van der Waals surface area contributed by atoms with Gasteiger partial charge in [0.25, 0.3) is 5.91 Å². The Balaban J connectivity index is 2.49. The zero-order valence-electron chi connectivity index (χ0n) is 10.2. The topological polar surface area (TPSA) is 55.6 Å². The van der Waals surface area contributed by atoms with Crippen molar-refractivity contribution in [3.05, 3.63) is 29.8 Å². The number of halogens is 2. The van der Waals surface area contributed by atoms with Gasteiger partial charge in [0.15, 0.2) is 18.2 Å². The van der Waals surface area contributed by atoms with E-state index in [0.29, 0.717) is 19.5 Å². The number of amides is 1. The van der Waals surface area contributed by atoms with Crippen LogP contribution in [-0.2, 0) is 4.79 Å². The van der Waals surface area contributed by atoms with E-state index in [9.17, 15) is 13.6 Å². The van der Waals surface area contributed by atoms with Gasteiger partial charge in [0.2, 0.25) is 0 Å². The largest absolute Gasteiger partial charge is 0.481 e. The van der Waals surface area contributed by atoms with E-state index in [1.54, 1.807) is 7.05 Å². The SMILES string of the molecule is CN(CCCN)C(=O)COc1cc(F)ccc1F. The lowest BCUT2D eigenvalue weighted by atomic mass is 10.3. The summed E-state index contributed by atoms with van der Waals surface area (Å²) in [4.78, 5) is 13.0. The fraction of sp³-hybridized carbons (Fsp3) is 0.417. The maximum Gasteiger partial charge on any atom is 0.260 e. The van der Waals surface area contributed by atoms with Gasteiger partial charge in [-0.2, -0.15) is 0 Å². The van der Waals surface area contributed by atoms with Gasteiger partial charge in [-0.3, -0.25) is 4.79 Å². The summed E-state index contributed by atoms with van der Waals surface area (Å²) in [5.74, 6) is -1.90. The number of carbonyl (C=O) groups excluding carboxylic acids is 1. The maximum atomic E-state index is 13.2. The predicted molar refractivity (Wildman–Crippen MR) is 63.2 cm³/mol. The van der Waals surface area contributed by atoms with Crippen LogP contribution >= 0.6 is 0 Å². The first-order valence-corrected chi connectivity index (χ1v) is 5.56. The highest BCUT2D eigenvalue weighted by molar-refractivity contribution is 5.77. The van der Waals surface area contributed by atoms with Crippen molar-refractivity contribution in [1.82, 2.24) is 4.90 Å². The molecule has 0 saturated carbocycles. The number of hydrogen-bond donors (Lipinski definition) is 1. The Labute approximate surface area is 104 Å². The predicted octanol–water partition coefficient (Wildman–Crippen LogP) is 1.15. The third kappa shape index (κ3) is 4.29. The van der Waals surface area contributed by atoms with Crippen LogP contribution < -0.4 is 10.5 Å². The molecular formula is C12H16F2N2O2. The second kappa shape index (κ2) is 6.90. The van der Waals surface area contributed by atoms with E-state index in [0.717, 1.165) is 18.2 Å². The van der Waals surface area contributed by atoms with Crippen molar-refractivity contribution in [1.29, 1.82) is 0 Å². The van der Waals surface area contributed by atoms with E-state index in [1.165, 1.54) is 4.90 Å². The third-order valence-corrected chi connectivity index (χ3v) is 2.37. The molecule has 100 valence electrons. The minimum atomic E-state index is -0.700. The van der Waals surface area contributed by atoms with E-state index >= 15 is 0 Å². The minimum absolute atomic E-state index is 0.268.